The van der Waals surface area contributed by atoms with Crippen LogP contribution in [0.4, 0.5) is 0 Å². The van der Waals surface area contributed by atoms with E-state index in [0.717, 1.165) is 25.9 Å². The van der Waals surface area contributed by atoms with Crippen LogP contribution < -0.4 is 5.32 Å². The van der Waals surface area contributed by atoms with Gasteiger partial charge in [-0.2, -0.15) is 0 Å². The predicted octanol–water partition coefficient (Wildman–Crippen LogP) is 1.02. The highest BCUT2D eigenvalue weighted by Crippen LogP contribution is 2.18. The van der Waals surface area contributed by atoms with Crippen LogP contribution in [0.25, 0.3) is 0 Å². The first-order chi connectivity index (χ1) is 5.75. The summed E-state index contributed by atoms with van der Waals surface area (Å²) in [5.74, 6) is -0.534. The van der Waals surface area contributed by atoms with Crippen molar-refractivity contribution in [1.29, 1.82) is 0 Å². The molecular weight excluding hydrogens is 154 g/mol. The number of hydrogen-bond donors (Lipinski definition) is 2. The average Bonchev–Trinajstić information content (AvgIpc) is 2.51. The fraction of sp³-hybridized carbons (Fsp3) is 0.667. The molecule has 0 amide bonds. The van der Waals surface area contributed by atoms with Crippen molar-refractivity contribution in [2.75, 3.05) is 13.1 Å². The molecule has 1 atom stereocenters. The zero-order chi connectivity index (χ0) is 8.97. The Balaban J connectivity index is 2.64. The normalized spacial score (nSPS) is 24.4. The van der Waals surface area contributed by atoms with Gasteiger partial charge in [-0.15, -0.1) is 0 Å². The molecule has 1 aliphatic heterocycles. The minimum absolute atomic E-state index is 0.224. The van der Waals surface area contributed by atoms with Crippen LogP contribution in [0.3, 0.4) is 0 Å². The number of allylic oxidation sites excluding steroid dienone is 1. The molecule has 2 N–H and O–H groups in total. The second-order valence-electron chi connectivity index (χ2n) is 3.06. The van der Waals surface area contributed by atoms with E-state index in [1.165, 1.54) is 0 Å². The average molecular weight is 169 g/mol. The molecule has 0 aromatic rings. The van der Waals surface area contributed by atoms with Crippen LogP contribution in [0.1, 0.15) is 19.8 Å². The predicted molar refractivity (Wildman–Crippen MR) is 47.0 cm³/mol. The van der Waals surface area contributed by atoms with Crippen LogP contribution in [-0.2, 0) is 4.79 Å². The van der Waals surface area contributed by atoms with Gasteiger partial charge in [-0.25, -0.2) is 4.79 Å². The van der Waals surface area contributed by atoms with Crippen LogP contribution in [0.15, 0.2) is 11.6 Å². The molecule has 1 fully saturated rings. The molecule has 0 spiro atoms. The molecule has 1 heterocycles. The molecule has 12 heavy (non-hydrogen) atoms. The summed E-state index contributed by atoms with van der Waals surface area (Å²) in [5, 5.41) is 12.0. The molecule has 3 nitrogen and oxygen atoms in total. The standard InChI is InChI=1S/C9H15NO2/c1-2-3-8(9(11)12)7-4-5-10-6-7/h3,7,10H,2,4-6H2,1H3,(H,11,12). The minimum Gasteiger partial charge on any atom is -0.478 e. The van der Waals surface area contributed by atoms with Gasteiger partial charge in [0.2, 0.25) is 0 Å². The summed E-state index contributed by atoms with van der Waals surface area (Å²) in [6, 6.07) is 0. The monoisotopic (exact) mass is 169 g/mol. The van der Waals surface area contributed by atoms with Gasteiger partial charge in [-0.1, -0.05) is 13.0 Å². The third-order valence-electron chi connectivity index (χ3n) is 2.17. The quantitative estimate of drug-likeness (QED) is 0.620. The molecule has 0 aromatic heterocycles. The van der Waals surface area contributed by atoms with Crippen LogP contribution >= 0.6 is 0 Å². The Morgan fingerprint density at radius 3 is 2.92 bits per heavy atom. The van der Waals surface area contributed by atoms with Gasteiger partial charge in [-0.3, -0.25) is 0 Å². The molecular formula is C9H15NO2. The van der Waals surface area contributed by atoms with E-state index in [1.807, 2.05) is 13.0 Å². The highest BCUT2D eigenvalue weighted by atomic mass is 16.4. The van der Waals surface area contributed by atoms with Crippen molar-refractivity contribution in [2.24, 2.45) is 5.92 Å². The van der Waals surface area contributed by atoms with E-state index >= 15 is 0 Å². The van der Waals surface area contributed by atoms with Crippen LogP contribution in [-0.4, -0.2) is 24.2 Å². The first kappa shape index (κ1) is 9.26. The summed E-state index contributed by atoms with van der Waals surface area (Å²) < 4.78 is 0. The molecule has 0 radical (unpaired) electrons. The molecule has 1 aliphatic rings. The van der Waals surface area contributed by atoms with Gasteiger partial charge in [-0.05, 0) is 19.4 Å². The highest BCUT2D eigenvalue weighted by molar-refractivity contribution is 5.87. The maximum Gasteiger partial charge on any atom is 0.331 e. The molecule has 3 heteroatoms. The molecule has 68 valence electrons. The van der Waals surface area contributed by atoms with Crippen molar-refractivity contribution in [2.45, 2.75) is 19.8 Å². The van der Waals surface area contributed by atoms with Crippen molar-refractivity contribution in [1.82, 2.24) is 5.32 Å². The van der Waals surface area contributed by atoms with E-state index in [2.05, 4.69) is 5.32 Å². The minimum atomic E-state index is -0.759. The van der Waals surface area contributed by atoms with E-state index < -0.39 is 5.97 Å². The third-order valence-corrected chi connectivity index (χ3v) is 2.17. The van der Waals surface area contributed by atoms with Gasteiger partial charge in [0.05, 0.1) is 0 Å². The maximum atomic E-state index is 10.8. The molecule has 0 aromatic carbocycles. The Morgan fingerprint density at radius 2 is 2.50 bits per heavy atom. The number of aliphatic carboxylic acids is 1. The Labute approximate surface area is 72.5 Å². The molecule has 0 saturated carbocycles. The first-order valence-electron chi connectivity index (χ1n) is 4.39. The SMILES string of the molecule is CCC=C(C(=O)O)C1CCNC1. The lowest BCUT2D eigenvalue weighted by atomic mass is 9.97. The molecule has 1 rings (SSSR count). The maximum absolute atomic E-state index is 10.8. The van der Waals surface area contributed by atoms with Crippen molar-refractivity contribution in [3.63, 3.8) is 0 Å². The Bertz CT molecular complexity index is 193. The van der Waals surface area contributed by atoms with Crippen LogP contribution in [0.5, 0.6) is 0 Å². The second-order valence-corrected chi connectivity index (χ2v) is 3.06. The Hall–Kier alpha value is -0.830. The summed E-state index contributed by atoms with van der Waals surface area (Å²) in [4.78, 5) is 10.8. The molecule has 0 aliphatic carbocycles. The summed E-state index contributed by atoms with van der Waals surface area (Å²) in [5.41, 5.74) is 0.586. The number of carboxylic acid groups (broad SMARTS) is 1. The summed E-state index contributed by atoms with van der Waals surface area (Å²) in [6.45, 7) is 3.72. The lowest BCUT2D eigenvalue weighted by Gasteiger charge is -2.08. The highest BCUT2D eigenvalue weighted by Gasteiger charge is 2.22. The summed E-state index contributed by atoms with van der Waals surface area (Å²) >= 11 is 0. The lowest BCUT2D eigenvalue weighted by molar-refractivity contribution is -0.133. The van der Waals surface area contributed by atoms with Gasteiger partial charge in [0.25, 0.3) is 0 Å². The van der Waals surface area contributed by atoms with Gasteiger partial charge in [0.15, 0.2) is 0 Å². The molecule has 0 bridgehead atoms. The largest absolute Gasteiger partial charge is 0.478 e. The van der Waals surface area contributed by atoms with Crippen molar-refractivity contribution < 1.29 is 9.90 Å². The van der Waals surface area contributed by atoms with Crippen molar-refractivity contribution >= 4 is 5.97 Å². The number of nitrogens with one attached hydrogen (secondary N) is 1. The van der Waals surface area contributed by atoms with E-state index in [4.69, 9.17) is 5.11 Å². The van der Waals surface area contributed by atoms with E-state index in [0.29, 0.717) is 5.57 Å². The van der Waals surface area contributed by atoms with Gasteiger partial charge in [0, 0.05) is 18.0 Å². The van der Waals surface area contributed by atoms with Crippen LogP contribution in [0, 0.1) is 5.92 Å². The van der Waals surface area contributed by atoms with E-state index in [9.17, 15) is 4.79 Å². The number of hydrogen-bond acceptors (Lipinski definition) is 2. The van der Waals surface area contributed by atoms with Crippen LogP contribution in [0.2, 0.25) is 0 Å². The summed E-state index contributed by atoms with van der Waals surface area (Å²) in [7, 11) is 0. The first-order valence-corrected chi connectivity index (χ1v) is 4.39. The van der Waals surface area contributed by atoms with E-state index in [1.54, 1.807) is 0 Å². The zero-order valence-electron chi connectivity index (χ0n) is 7.34. The van der Waals surface area contributed by atoms with Crippen molar-refractivity contribution in [3.05, 3.63) is 11.6 Å². The number of carboxylic acids is 1. The molecule has 1 unspecified atom stereocenters. The smallest absolute Gasteiger partial charge is 0.331 e. The van der Waals surface area contributed by atoms with Crippen molar-refractivity contribution in [3.8, 4) is 0 Å². The lowest BCUT2D eigenvalue weighted by Crippen LogP contribution is -2.15. The zero-order valence-corrected chi connectivity index (χ0v) is 7.34. The number of rotatable bonds is 3. The number of carbonyl (C=O) groups is 1. The van der Waals surface area contributed by atoms with Gasteiger partial charge in [0.1, 0.15) is 0 Å². The fourth-order valence-electron chi connectivity index (χ4n) is 1.57. The second kappa shape index (κ2) is 4.26. The molecule has 1 saturated heterocycles. The van der Waals surface area contributed by atoms with E-state index in [-0.39, 0.29) is 5.92 Å². The van der Waals surface area contributed by atoms with Gasteiger partial charge < -0.3 is 10.4 Å². The Morgan fingerprint density at radius 1 is 1.75 bits per heavy atom. The summed E-state index contributed by atoms with van der Waals surface area (Å²) in [6.07, 6.45) is 3.58. The third kappa shape index (κ3) is 2.08. The fourth-order valence-corrected chi connectivity index (χ4v) is 1.57. The topological polar surface area (TPSA) is 49.3 Å². The Kier molecular flexibility index (Phi) is 3.29. The van der Waals surface area contributed by atoms with Gasteiger partial charge >= 0.3 is 5.97 Å².